The summed E-state index contributed by atoms with van der Waals surface area (Å²) in [4.78, 5) is 3.50. The highest BCUT2D eigenvalue weighted by Crippen LogP contribution is 2.17. The SMILES string of the molecule is CCc1ccc(Nc2ccnc(F)c2)cc1. The van der Waals surface area contributed by atoms with Crippen LogP contribution in [0.25, 0.3) is 0 Å². The standard InChI is InChI=1S/C13H13FN2/c1-2-10-3-5-11(6-4-10)16-12-7-8-15-13(14)9-12/h3-9H,2H2,1H3,(H,15,16). The first-order valence-corrected chi connectivity index (χ1v) is 5.25. The third kappa shape index (κ3) is 2.57. The van der Waals surface area contributed by atoms with Crippen LogP contribution in [0.5, 0.6) is 0 Å². The van der Waals surface area contributed by atoms with E-state index >= 15 is 0 Å². The first kappa shape index (κ1) is 10.6. The number of nitrogens with zero attached hydrogens (tertiary/aromatic N) is 1. The van der Waals surface area contributed by atoms with Crippen molar-refractivity contribution in [3.8, 4) is 0 Å². The van der Waals surface area contributed by atoms with Gasteiger partial charge in [0.15, 0.2) is 0 Å². The summed E-state index contributed by atoms with van der Waals surface area (Å²) in [6.07, 6.45) is 2.46. The average Bonchev–Trinajstić information content (AvgIpc) is 2.30. The molecule has 1 aromatic carbocycles. The lowest BCUT2D eigenvalue weighted by Gasteiger charge is -2.06. The lowest BCUT2D eigenvalue weighted by molar-refractivity contribution is 0.584. The largest absolute Gasteiger partial charge is 0.355 e. The predicted molar refractivity (Wildman–Crippen MR) is 63.3 cm³/mol. The molecule has 2 rings (SSSR count). The fraction of sp³-hybridized carbons (Fsp3) is 0.154. The van der Waals surface area contributed by atoms with Crippen molar-refractivity contribution in [1.82, 2.24) is 4.98 Å². The van der Waals surface area contributed by atoms with Crippen LogP contribution in [0.4, 0.5) is 15.8 Å². The molecule has 3 heteroatoms. The zero-order valence-corrected chi connectivity index (χ0v) is 9.07. The lowest BCUT2D eigenvalue weighted by Crippen LogP contribution is -1.92. The van der Waals surface area contributed by atoms with Gasteiger partial charge in [-0.1, -0.05) is 19.1 Å². The van der Waals surface area contributed by atoms with Crippen LogP contribution in [-0.2, 0) is 6.42 Å². The zero-order chi connectivity index (χ0) is 11.4. The number of aryl methyl sites for hydroxylation is 1. The monoisotopic (exact) mass is 216 g/mol. The predicted octanol–water partition coefficient (Wildman–Crippen LogP) is 3.53. The number of anilines is 2. The van der Waals surface area contributed by atoms with E-state index in [4.69, 9.17) is 0 Å². The van der Waals surface area contributed by atoms with E-state index in [9.17, 15) is 4.39 Å². The maximum absolute atomic E-state index is 12.8. The van der Waals surface area contributed by atoms with E-state index in [1.54, 1.807) is 6.07 Å². The molecule has 0 amide bonds. The Morgan fingerprint density at radius 2 is 1.88 bits per heavy atom. The quantitative estimate of drug-likeness (QED) is 0.794. The van der Waals surface area contributed by atoms with Crippen molar-refractivity contribution in [2.45, 2.75) is 13.3 Å². The molecule has 2 nitrogen and oxygen atoms in total. The Morgan fingerprint density at radius 3 is 2.50 bits per heavy atom. The molecule has 0 bridgehead atoms. The molecule has 1 heterocycles. The summed E-state index contributed by atoms with van der Waals surface area (Å²) in [6, 6.07) is 11.2. The van der Waals surface area contributed by atoms with E-state index in [0.717, 1.165) is 12.1 Å². The average molecular weight is 216 g/mol. The van der Waals surface area contributed by atoms with Gasteiger partial charge in [-0.05, 0) is 30.2 Å². The number of pyridine rings is 1. The molecular formula is C13H13FN2. The molecule has 0 unspecified atom stereocenters. The molecule has 82 valence electrons. The Morgan fingerprint density at radius 1 is 1.12 bits per heavy atom. The van der Waals surface area contributed by atoms with Crippen molar-refractivity contribution < 1.29 is 4.39 Å². The zero-order valence-electron chi connectivity index (χ0n) is 9.07. The fourth-order valence-corrected chi connectivity index (χ4v) is 1.47. The Hall–Kier alpha value is -1.90. The maximum atomic E-state index is 12.8. The Kier molecular flexibility index (Phi) is 3.15. The molecule has 0 atom stereocenters. The first-order chi connectivity index (χ1) is 7.78. The van der Waals surface area contributed by atoms with E-state index in [1.165, 1.54) is 17.8 Å². The molecular weight excluding hydrogens is 203 g/mol. The highest BCUT2D eigenvalue weighted by atomic mass is 19.1. The van der Waals surface area contributed by atoms with E-state index < -0.39 is 5.95 Å². The molecule has 0 aliphatic carbocycles. The van der Waals surface area contributed by atoms with Crippen LogP contribution in [0.3, 0.4) is 0 Å². The third-order valence-corrected chi connectivity index (χ3v) is 2.38. The summed E-state index contributed by atoms with van der Waals surface area (Å²) in [7, 11) is 0. The molecule has 0 saturated heterocycles. The van der Waals surface area contributed by atoms with Crippen LogP contribution in [0.2, 0.25) is 0 Å². The van der Waals surface area contributed by atoms with Gasteiger partial charge in [0.1, 0.15) is 0 Å². The van der Waals surface area contributed by atoms with Gasteiger partial charge in [-0.3, -0.25) is 0 Å². The fourth-order valence-electron chi connectivity index (χ4n) is 1.47. The Bertz CT molecular complexity index is 466. The summed E-state index contributed by atoms with van der Waals surface area (Å²) in [5.74, 6) is -0.477. The molecule has 1 aromatic heterocycles. The minimum atomic E-state index is -0.477. The second-order valence-electron chi connectivity index (χ2n) is 3.54. The van der Waals surface area contributed by atoms with Crippen molar-refractivity contribution in [2.24, 2.45) is 0 Å². The summed E-state index contributed by atoms with van der Waals surface area (Å²) < 4.78 is 12.8. The van der Waals surface area contributed by atoms with Crippen molar-refractivity contribution in [2.75, 3.05) is 5.32 Å². The molecule has 1 N–H and O–H groups in total. The van der Waals surface area contributed by atoms with Crippen molar-refractivity contribution in [3.05, 3.63) is 54.1 Å². The van der Waals surface area contributed by atoms with Crippen molar-refractivity contribution in [1.29, 1.82) is 0 Å². The molecule has 0 saturated carbocycles. The molecule has 0 aliphatic rings. The summed E-state index contributed by atoms with van der Waals surface area (Å²) in [6.45, 7) is 2.11. The van der Waals surface area contributed by atoms with Crippen LogP contribution in [0.1, 0.15) is 12.5 Å². The van der Waals surface area contributed by atoms with Crippen LogP contribution in [0, 0.1) is 5.95 Å². The topological polar surface area (TPSA) is 24.9 Å². The van der Waals surface area contributed by atoms with Crippen LogP contribution >= 0.6 is 0 Å². The molecule has 0 fully saturated rings. The molecule has 16 heavy (non-hydrogen) atoms. The number of hydrogen-bond acceptors (Lipinski definition) is 2. The normalized spacial score (nSPS) is 10.1. The molecule has 0 spiro atoms. The number of benzene rings is 1. The number of hydrogen-bond donors (Lipinski definition) is 1. The van der Waals surface area contributed by atoms with Gasteiger partial charge >= 0.3 is 0 Å². The van der Waals surface area contributed by atoms with Gasteiger partial charge < -0.3 is 5.32 Å². The minimum Gasteiger partial charge on any atom is -0.355 e. The molecule has 0 aliphatic heterocycles. The Balaban J connectivity index is 2.14. The molecule has 2 aromatic rings. The summed E-state index contributed by atoms with van der Waals surface area (Å²) in [5.41, 5.74) is 2.94. The third-order valence-electron chi connectivity index (χ3n) is 2.38. The number of aromatic nitrogens is 1. The highest BCUT2D eigenvalue weighted by molar-refractivity contribution is 5.59. The van der Waals surface area contributed by atoms with E-state index in [2.05, 4.69) is 29.4 Å². The second kappa shape index (κ2) is 4.75. The first-order valence-electron chi connectivity index (χ1n) is 5.25. The van der Waals surface area contributed by atoms with Gasteiger partial charge in [-0.25, -0.2) is 4.98 Å². The van der Waals surface area contributed by atoms with Crippen LogP contribution < -0.4 is 5.32 Å². The van der Waals surface area contributed by atoms with Crippen LogP contribution in [0.15, 0.2) is 42.6 Å². The minimum absolute atomic E-state index is 0.477. The summed E-state index contributed by atoms with van der Waals surface area (Å²) in [5, 5.41) is 3.12. The van der Waals surface area contributed by atoms with E-state index in [0.29, 0.717) is 5.69 Å². The highest BCUT2D eigenvalue weighted by Gasteiger charge is 1.97. The maximum Gasteiger partial charge on any atom is 0.214 e. The van der Waals surface area contributed by atoms with E-state index in [1.807, 2.05) is 12.1 Å². The smallest absolute Gasteiger partial charge is 0.214 e. The second-order valence-corrected chi connectivity index (χ2v) is 3.54. The number of rotatable bonds is 3. The molecule has 0 radical (unpaired) electrons. The number of nitrogens with one attached hydrogen (secondary N) is 1. The van der Waals surface area contributed by atoms with Gasteiger partial charge in [0, 0.05) is 23.6 Å². The van der Waals surface area contributed by atoms with Crippen molar-refractivity contribution in [3.63, 3.8) is 0 Å². The van der Waals surface area contributed by atoms with Gasteiger partial charge in [0.05, 0.1) is 0 Å². The van der Waals surface area contributed by atoms with Gasteiger partial charge in [0.25, 0.3) is 0 Å². The Labute approximate surface area is 94.2 Å². The van der Waals surface area contributed by atoms with Gasteiger partial charge in [-0.15, -0.1) is 0 Å². The lowest BCUT2D eigenvalue weighted by atomic mass is 10.1. The van der Waals surface area contributed by atoms with Gasteiger partial charge in [-0.2, -0.15) is 4.39 Å². The number of halogens is 1. The van der Waals surface area contributed by atoms with Crippen molar-refractivity contribution >= 4 is 11.4 Å². The summed E-state index contributed by atoms with van der Waals surface area (Å²) >= 11 is 0. The van der Waals surface area contributed by atoms with Crippen LogP contribution in [-0.4, -0.2) is 4.98 Å². The van der Waals surface area contributed by atoms with Gasteiger partial charge in [0.2, 0.25) is 5.95 Å². The van der Waals surface area contributed by atoms with E-state index in [-0.39, 0.29) is 0 Å².